The first-order valence-corrected chi connectivity index (χ1v) is 10.4. The SMILES string of the molecule is COc1ccc(Br)cc1/C=C1\Oc2c(ccc(OC(=O)c3ccccc3C)c2C)C1=O. The summed E-state index contributed by atoms with van der Waals surface area (Å²) in [4.78, 5) is 25.5. The maximum absolute atomic E-state index is 12.9. The highest BCUT2D eigenvalue weighted by molar-refractivity contribution is 9.10. The van der Waals surface area contributed by atoms with Gasteiger partial charge in [-0.15, -0.1) is 0 Å². The maximum Gasteiger partial charge on any atom is 0.343 e. The Balaban J connectivity index is 1.65. The van der Waals surface area contributed by atoms with Crippen LogP contribution < -0.4 is 14.2 Å². The molecule has 0 saturated heterocycles. The summed E-state index contributed by atoms with van der Waals surface area (Å²) < 4.78 is 17.7. The third-order valence-electron chi connectivity index (χ3n) is 5.08. The molecule has 5 nitrogen and oxygen atoms in total. The van der Waals surface area contributed by atoms with Crippen LogP contribution in [0.1, 0.15) is 37.4 Å². The predicted octanol–water partition coefficient (Wildman–Crippen LogP) is 5.91. The fraction of sp³-hybridized carbons (Fsp3) is 0.120. The van der Waals surface area contributed by atoms with Crippen LogP contribution in [-0.2, 0) is 0 Å². The van der Waals surface area contributed by atoms with Gasteiger partial charge in [0.2, 0.25) is 5.78 Å². The number of esters is 1. The van der Waals surface area contributed by atoms with Crippen LogP contribution in [0.5, 0.6) is 17.2 Å². The third-order valence-corrected chi connectivity index (χ3v) is 5.58. The van der Waals surface area contributed by atoms with Crippen LogP contribution in [0.2, 0.25) is 0 Å². The molecular formula is C25H19BrO5. The minimum absolute atomic E-state index is 0.178. The largest absolute Gasteiger partial charge is 0.496 e. The Labute approximate surface area is 188 Å². The molecule has 0 bridgehead atoms. The number of carbonyl (C=O) groups excluding carboxylic acids is 2. The summed E-state index contributed by atoms with van der Waals surface area (Å²) in [5, 5.41) is 0. The van der Waals surface area contributed by atoms with Crippen molar-refractivity contribution in [3.8, 4) is 17.2 Å². The van der Waals surface area contributed by atoms with Crippen molar-refractivity contribution in [2.45, 2.75) is 13.8 Å². The van der Waals surface area contributed by atoms with Crippen molar-refractivity contribution < 1.29 is 23.8 Å². The Morgan fingerprint density at radius 3 is 2.52 bits per heavy atom. The number of rotatable bonds is 4. The molecule has 0 aromatic heterocycles. The van der Waals surface area contributed by atoms with Gasteiger partial charge >= 0.3 is 5.97 Å². The molecule has 0 fully saturated rings. The number of methoxy groups -OCH3 is 1. The summed E-state index contributed by atoms with van der Waals surface area (Å²) in [6, 6.07) is 15.9. The van der Waals surface area contributed by atoms with Gasteiger partial charge in [-0.1, -0.05) is 34.1 Å². The van der Waals surface area contributed by atoms with Crippen LogP contribution in [0.3, 0.4) is 0 Å². The Kier molecular flexibility index (Phi) is 5.65. The van der Waals surface area contributed by atoms with Crippen molar-refractivity contribution in [1.29, 1.82) is 0 Å². The number of fused-ring (bicyclic) bond motifs is 1. The summed E-state index contributed by atoms with van der Waals surface area (Å²) in [6.45, 7) is 3.61. The van der Waals surface area contributed by atoms with E-state index in [-0.39, 0.29) is 11.5 Å². The number of carbonyl (C=O) groups is 2. The third kappa shape index (κ3) is 3.99. The van der Waals surface area contributed by atoms with E-state index in [9.17, 15) is 9.59 Å². The van der Waals surface area contributed by atoms with Gasteiger partial charge in [-0.25, -0.2) is 4.79 Å². The van der Waals surface area contributed by atoms with E-state index in [1.54, 1.807) is 50.4 Å². The average Bonchev–Trinajstić information content (AvgIpc) is 3.07. The highest BCUT2D eigenvalue weighted by Crippen LogP contribution is 2.40. The van der Waals surface area contributed by atoms with Crippen LogP contribution in [0.4, 0.5) is 0 Å². The minimum Gasteiger partial charge on any atom is -0.496 e. The van der Waals surface area contributed by atoms with Gasteiger partial charge in [-0.05, 0) is 61.9 Å². The van der Waals surface area contributed by atoms with Crippen molar-refractivity contribution in [2.75, 3.05) is 7.11 Å². The van der Waals surface area contributed by atoms with Gasteiger partial charge in [0, 0.05) is 15.6 Å². The molecule has 0 N–H and O–H groups in total. The van der Waals surface area contributed by atoms with Gasteiger partial charge in [-0.2, -0.15) is 0 Å². The van der Waals surface area contributed by atoms with E-state index in [2.05, 4.69) is 15.9 Å². The van der Waals surface area contributed by atoms with Crippen molar-refractivity contribution in [3.05, 3.63) is 92.6 Å². The number of benzene rings is 3. The molecule has 0 radical (unpaired) electrons. The number of Topliss-reactive ketones (excluding diaryl/α,β-unsaturated/α-hetero) is 1. The van der Waals surface area contributed by atoms with Crippen LogP contribution in [0, 0.1) is 13.8 Å². The molecule has 0 spiro atoms. The summed E-state index contributed by atoms with van der Waals surface area (Å²) in [6.07, 6.45) is 1.64. The molecule has 3 aromatic carbocycles. The molecular weight excluding hydrogens is 460 g/mol. The lowest BCUT2D eigenvalue weighted by atomic mass is 10.1. The monoisotopic (exact) mass is 478 g/mol. The van der Waals surface area contributed by atoms with Crippen molar-refractivity contribution >= 4 is 33.8 Å². The quantitative estimate of drug-likeness (QED) is 0.265. The first kappa shape index (κ1) is 20.9. The van der Waals surface area contributed by atoms with Gasteiger partial charge in [0.15, 0.2) is 5.76 Å². The summed E-state index contributed by atoms with van der Waals surface area (Å²) in [5.41, 5.74) is 3.02. The van der Waals surface area contributed by atoms with E-state index in [4.69, 9.17) is 14.2 Å². The number of ether oxygens (including phenoxy) is 3. The normalized spacial score (nSPS) is 13.7. The molecule has 0 atom stereocenters. The topological polar surface area (TPSA) is 61.8 Å². The second kappa shape index (κ2) is 8.40. The molecule has 156 valence electrons. The Bertz CT molecular complexity index is 1240. The Morgan fingerprint density at radius 2 is 1.77 bits per heavy atom. The Hall–Kier alpha value is -3.38. The number of ketones is 1. The van der Waals surface area contributed by atoms with Crippen molar-refractivity contribution in [3.63, 3.8) is 0 Å². The van der Waals surface area contributed by atoms with Crippen molar-refractivity contribution in [2.24, 2.45) is 0 Å². The molecule has 0 aliphatic carbocycles. The lowest BCUT2D eigenvalue weighted by Gasteiger charge is -2.11. The number of hydrogen-bond donors (Lipinski definition) is 0. The first-order valence-electron chi connectivity index (χ1n) is 9.58. The smallest absolute Gasteiger partial charge is 0.343 e. The molecule has 0 amide bonds. The molecule has 0 saturated carbocycles. The molecule has 1 aliphatic rings. The highest BCUT2D eigenvalue weighted by Gasteiger charge is 2.31. The van der Waals surface area contributed by atoms with Crippen LogP contribution >= 0.6 is 15.9 Å². The average molecular weight is 479 g/mol. The molecule has 1 aliphatic heterocycles. The van der Waals surface area contributed by atoms with Gasteiger partial charge in [-0.3, -0.25) is 4.79 Å². The van der Waals surface area contributed by atoms with E-state index in [1.165, 1.54) is 0 Å². The highest BCUT2D eigenvalue weighted by atomic mass is 79.9. The van der Waals surface area contributed by atoms with Crippen LogP contribution in [-0.4, -0.2) is 18.9 Å². The second-order valence-corrected chi connectivity index (χ2v) is 8.01. The van der Waals surface area contributed by atoms with Crippen LogP contribution in [0.25, 0.3) is 6.08 Å². The van der Waals surface area contributed by atoms with E-state index in [0.29, 0.717) is 39.5 Å². The van der Waals surface area contributed by atoms with Crippen molar-refractivity contribution in [1.82, 2.24) is 0 Å². The first-order chi connectivity index (χ1) is 14.9. The molecule has 3 aromatic rings. The lowest BCUT2D eigenvalue weighted by Crippen LogP contribution is -2.11. The van der Waals surface area contributed by atoms with Gasteiger partial charge in [0.1, 0.15) is 17.2 Å². The number of halogens is 1. The fourth-order valence-electron chi connectivity index (χ4n) is 3.39. The summed E-state index contributed by atoms with van der Waals surface area (Å²) in [5.74, 6) is 0.836. The molecule has 31 heavy (non-hydrogen) atoms. The van der Waals surface area contributed by atoms with Gasteiger partial charge in [0.05, 0.1) is 18.2 Å². The molecule has 0 unspecified atom stereocenters. The van der Waals surface area contributed by atoms with Gasteiger partial charge < -0.3 is 14.2 Å². The lowest BCUT2D eigenvalue weighted by molar-refractivity contribution is 0.0732. The molecule has 1 heterocycles. The zero-order valence-electron chi connectivity index (χ0n) is 17.2. The summed E-state index contributed by atoms with van der Waals surface area (Å²) in [7, 11) is 1.57. The predicted molar refractivity (Wildman–Crippen MR) is 121 cm³/mol. The number of allylic oxidation sites excluding steroid dienone is 1. The fourth-order valence-corrected chi connectivity index (χ4v) is 3.77. The maximum atomic E-state index is 12.9. The van der Waals surface area contributed by atoms with Crippen LogP contribution in [0.15, 0.2) is 64.8 Å². The van der Waals surface area contributed by atoms with E-state index < -0.39 is 5.97 Å². The number of hydrogen-bond acceptors (Lipinski definition) is 5. The molecule has 6 heteroatoms. The van der Waals surface area contributed by atoms with E-state index in [0.717, 1.165) is 10.0 Å². The second-order valence-electron chi connectivity index (χ2n) is 7.10. The number of aryl methyl sites for hydroxylation is 1. The zero-order valence-corrected chi connectivity index (χ0v) is 18.8. The van der Waals surface area contributed by atoms with E-state index >= 15 is 0 Å². The minimum atomic E-state index is -0.458. The zero-order chi connectivity index (χ0) is 22.1. The Morgan fingerprint density at radius 1 is 1.03 bits per heavy atom. The van der Waals surface area contributed by atoms with E-state index in [1.807, 2.05) is 31.2 Å². The molecule has 4 rings (SSSR count). The van der Waals surface area contributed by atoms with Gasteiger partial charge in [0.25, 0.3) is 0 Å². The standard InChI is InChI=1S/C25H19BrO5/c1-14-6-4-5-7-18(14)25(28)31-20-11-9-19-23(27)22(30-24(19)15(20)2)13-16-12-17(26)8-10-21(16)29-3/h4-13H,1-3H3/b22-13-. The summed E-state index contributed by atoms with van der Waals surface area (Å²) >= 11 is 3.43.